The van der Waals surface area contributed by atoms with Gasteiger partial charge in [-0.05, 0) is 70.1 Å². The van der Waals surface area contributed by atoms with E-state index in [1.54, 1.807) is 0 Å². The predicted octanol–water partition coefficient (Wildman–Crippen LogP) is 3.84. The minimum Gasteiger partial charge on any atom is -0.466 e. The van der Waals surface area contributed by atoms with Crippen molar-refractivity contribution in [3.05, 3.63) is 40.6 Å². The number of aryl methyl sites for hydroxylation is 2. The molecule has 2 aromatic rings. The van der Waals surface area contributed by atoms with E-state index in [0.29, 0.717) is 19.7 Å². The van der Waals surface area contributed by atoms with Crippen molar-refractivity contribution >= 4 is 22.8 Å². The van der Waals surface area contributed by atoms with Crippen LogP contribution < -0.4 is 0 Å². The van der Waals surface area contributed by atoms with Crippen molar-refractivity contribution in [3.8, 4) is 0 Å². The summed E-state index contributed by atoms with van der Waals surface area (Å²) in [5.74, 6) is -0.356. The fourth-order valence-electron chi connectivity index (χ4n) is 4.55. The molecule has 0 saturated carbocycles. The molecule has 1 aliphatic carbocycles. The molecule has 1 aromatic carbocycles. The third kappa shape index (κ3) is 3.50. The van der Waals surface area contributed by atoms with Gasteiger partial charge in [-0.3, -0.25) is 14.6 Å². The molecule has 5 heteroatoms. The average Bonchev–Trinajstić information content (AvgIpc) is 2.72. The molecule has 1 aromatic heterocycles. The second-order valence-corrected chi connectivity index (χ2v) is 7.98. The van der Waals surface area contributed by atoms with Crippen molar-refractivity contribution in [2.45, 2.75) is 52.4 Å². The third-order valence-electron chi connectivity index (χ3n) is 5.96. The van der Waals surface area contributed by atoms with Crippen LogP contribution in [0.3, 0.4) is 0 Å². The fourth-order valence-corrected chi connectivity index (χ4v) is 4.55. The number of benzene rings is 1. The molecule has 2 aliphatic rings. The number of esters is 1. The number of hydrogen-bond donors (Lipinski definition) is 0. The first-order valence-corrected chi connectivity index (χ1v) is 10.5. The fraction of sp³-hybridized carbons (Fsp3) is 0.522. The molecular formula is C23H28N2O3. The minimum atomic E-state index is -0.219. The zero-order valence-electron chi connectivity index (χ0n) is 16.8. The van der Waals surface area contributed by atoms with E-state index in [-0.39, 0.29) is 17.8 Å². The molecule has 0 bridgehead atoms. The Kier molecular flexibility index (Phi) is 5.33. The molecule has 0 spiro atoms. The highest BCUT2D eigenvalue weighted by atomic mass is 16.5. The third-order valence-corrected chi connectivity index (χ3v) is 5.96. The number of pyridine rings is 1. The molecule has 1 aliphatic heterocycles. The summed E-state index contributed by atoms with van der Waals surface area (Å²) in [5.41, 5.74) is 5.03. The minimum absolute atomic E-state index is 0.0464. The second-order valence-electron chi connectivity index (χ2n) is 7.98. The first-order valence-electron chi connectivity index (χ1n) is 10.5. The standard InChI is InChI=1S/C23H28N2O3/c1-3-28-23(27)16-7-6-12-25(14-16)22(26)21-17-8-4-5-9-19(17)24-20-11-10-15(2)13-18(20)21/h10-11,13,16H,3-9,12,14H2,1-2H3/t16-/m1/s1. The maximum Gasteiger partial charge on any atom is 0.310 e. The molecule has 0 unspecified atom stereocenters. The second kappa shape index (κ2) is 7.90. The summed E-state index contributed by atoms with van der Waals surface area (Å²) in [4.78, 5) is 32.6. The van der Waals surface area contributed by atoms with Crippen molar-refractivity contribution in [3.63, 3.8) is 0 Å². The van der Waals surface area contributed by atoms with Gasteiger partial charge >= 0.3 is 5.97 Å². The van der Waals surface area contributed by atoms with E-state index in [9.17, 15) is 9.59 Å². The van der Waals surface area contributed by atoms with Gasteiger partial charge in [0.2, 0.25) is 0 Å². The summed E-state index contributed by atoms with van der Waals surface area (Å²) in [6, 6.07) is 6.15. The van der Waals surface area contributed by atoms with Gasteiger partial charge in [0, 0.05) is 24.2 Å². The van der Waals surface area contributed by atoms with E-state index >= 15 is 0 Å². The molecule has 0 N–H and O–H groups in total. The molecule has 2 heterocycles. The van der Waals surface area contributed by atoms with Gasteiger partial charge < -0.3 is 9.64 Å². The number of fused-ring (bicyclic) bond motifs is 2. The highest BCUT2D eigenvalue weighted by Crippen LogP contribution is 2.32. The highest BCUT2D eigenvalue weighted by Gasteiger charge is 2.32. The number of carbonyl (C=O) groups excluding carboxylic acids is 2. The summed E-state index contributed by atoms with van der Waals surface area (Å²) < 4.78 is 5.20. The molecule has 4 rings (SSSR count). The number of hydrogen-bond acceptors (Lipinski definition) is 4. The average molecular weight is 380 g/mol. The zero-order valence-corrected chi connectivity index (χ0v) is 16.8. The van der Waals surface area contributed by atoms with Gasteiger partial charge in [0.05, 0.1) is 23.6 Å². The lowest BCUT2D eigenvalue weighted by molar-refractivity contribution is -0.149. The largest absolute Gasteiger partial charge is 0.466 e. The molecule has 1 fully saturated rings. The highest BCUT2D eigenvalue weighted by molar-refractivity contribution is 6.08. The van der Waals surface area contributed by atoms with E-state index in [4.69, 9.17) is 9.72 Å². The van der Waals surface area contributed by atoms with Crippen molar-refractivity contribution in [1.29, 1.82) is 0 Å². The van der Waals surface area contributed by atoms with Crippen LogP contribution in [0.25, 0.3) is 10.9 Å². The Hall–Kier alpha value is -2.43. The van der Waals surface area contributed by atoms with Crippen LogP contribution >= 0.6 is 0 Å². The van der Waals surface area contributed by atoms with Gasteiger partial charge in [-0.15, -0.1) is 0 Å². The summed E-state index contributed by atoms with van der Waals surface area (Å²) in [6.07, 6.45) is 5.68. The quantitative estimate of drug-likeness (QED) is 0.759. The normalized spacial score (nSPS) is 19.4. The molecule has 28 heavy (non-hydrogen) atoms. The summed E-state index contributed by atoms with van der Waals surface area (Å²) in [5, 5.41) is 0.948. The van der Waals surface area contributed by atoms with Crippen LogP contribution in [0.2, 0.25) is 0 Å². The first-order chi connectivity index (χ1) is 13.6. The van der Waals surface area contributed by atoms with Gasteiger partial charge in [-0.2, -0.15) is 0 Å². The lowest BCUT2D eigenvalue weighted by atomic mass is 9.88. The van der Waals surface area contributed by atoms with E-state index in [0.717, 1.165) is 71.8 Å². The summed E-state index contributed by atoms with van der Waals surface area (Å²) in [7, 11) is 0. The Morgan fingerprint density at radius 3 is 2.86 bits per heavy atom. The number of ether oxygens (including phenoxy) is 1. The van der Waals surface area contributed by atoms with Crippen LogP contribution in [0.1, 0.15) is 59.8 Å². The van der Waals surface area contributed by atoms with E-state index in [1.807, 2.05) is 24.8 Å². The smallest absolute Gasteiger partial charge is 0.310 e. The van der Waals surface area contributed by atoms with Gasteiger partial charge in [0.15, 0.2) is 0 Å². The van der Waals surface area contributed by atoms with Crippen molar-refractivity contribution in [2.75, 3.05) is 19.7 Å². The van der Waals surface area contributed by atoms with Gasteiger partial charge in [-0.1, -0.05) is 11.6 Å². The van der Waals surface area contributed by atoms with Crippen LogP contribution in [-0.4, -0.2) is 41.5 Å². The summed E-state index contributed by atoms with van der Waals surface area (Å²) >= 11 is 0. The Bertz CT molecular complexity index is 922. The van der Waals surface area contributed by atoms with Crippen molar-refractivity contribution in [1.82, 2.24) is 9.88 Å². The topological polar surface area (TPSA) is 59.5 Å². The van der Waals surface area contributed by atoms with E-state index < -0.39 is 0 Å². The van der Waals surface area contributed by atoms with E-state index in [1.165, 1.54) is 0 Å². The molecule has 0 radical (unpaired) electrons. The van der Waals surface area contributed by atoms with Crippen molar-refractivity contribution < 1.29 is 14.3 Å². The van der Waals surface area contributed by atoms with Crippen molar-refractivity contribution in [2.24, 2.45) is 5.92 Å². The molecule has 148 valence electrons. The van der Waals surface area contributed by atoms with Gasteiger partial charge in [0.25, 0.3) is 5.91 Å². The maximum absolute atomic E-state index is 13.7. The van der Waals surface area contributed by atoms with Gasteiger partial charge in [-0.25, -0.2) is 0 Å². The SMILES string of the molecule is CCOC(=O)[C@@H]1CCCN(C(=O)c2c3c(nc4ccc(C)cc24)CCCC3)C1. The number of piperidine rings is 1. The first kappa shape index (κ1) is 18.9. The Morgan fingerprint density at radius 1 is 1.21 bits per heavy atom. The predicted molar refractivity (Wildman–Crippen MR) is 108 cm³/mol. The van der Waals surface area contributed by atoms with Crippen LogP contribution in [0, 0.1) is 12.8 Å². The Morgan fingerprint density at radius 2 is 2.04 bits per heavy atom. The number of amides is 1. The zero-order chi connectivity index (χ0) is 19.7. The van der Waals surface area contributed by atoms with Gasteiger partial charge in [0.1, 0.15) is 0 Å². The number of nitrogens with zero attached hydrogens (tertiary/aromatic N) is 2. The van der Waals surface area contributed by atoms with E-state index in [2.05, 4.69) is 12.1 Å². The van der Waals surface area contributed by atoms with Crippen LogP contribution in [0.5, 0.6) is 0 Å². The number of rotatable bonds is 3. The monoisotopic (exact) mass is 380 g/mol. The molecular weight excluding hydrogens is 352 g/mol. The van der Waals surface area contributed by atoms with Crippen LogP contribution in [0.4, 0.5) is 0 Å². The lowest BCUT2D eigenvalue weighted by Crippen LogP contribution is -2.43. The molecule has 5 nitrogen and oxygen atoms in total. The Balaban J connectivity index is 1.74. The van der Waals surface area contributed by atoms with Crippen LogP contribution in [0.15, 0.2) is 18.2 Å². The lowest BCUT2D eigenvalue weighted by Gasteiger charge is -2.33. The molecule has 1 atom stereocenters. The number of likely N-dealkylation sites (tertiary alicyclic amines) is 1. The number of aromatic nitrogens is 1. The summed E-state index contributed by atoms with van der Waals surface area (Å²) in [6.45, 7) is 5.39. The Labute approximate surface area is 166 Å². The molecule has 1 saturated heterocycles. The molecule has 1 amide bonds. The maximum atomic E-state index is 13.7. The number of carbonyl (C=O) groups is 2. The van der Waals surface area contributed by atoms with Crippen LogP contribution in [-0.2, 0) is 22.4 Å².